The Hall–Kier alpha value is -1.58. The lowest BCUT2D eigenvalue weighted by molar-refractivity contribution is 0.0937. The maximum Gasteiger partial charge on any atom is 0.263 e. The maximum atomic E-state index is 11.7. The lowest BCUT2D eigenvalue weighted by Gasteiger charge is -2.11. The van der Waals surface area contributed by atoms with E-state index in [1.165, 1.54) is 4.57 Å². The number of amides is 1. The fourth-order valence-corrected chi connectivity index (χ4v) is 1.17. The molecule has 0 aliphatic carbocycles. The van der Waals surface area contributed by atoms with Crippen LogP contribution in [0.25, 0.3) is 0 Å². The van der Waals surface area contributed by atoms with E-state index in [-0.39, 0.29) is 23.1 Å². The highest BCUT2D eigenvalue weighted by Crippen LogP contribution is 1.94. The molecule has 82 valence electrons. The molecule has 0 radical (unpaired) electrons. The molecule has 0 aliphatic rings. The summed E-state index contributed by atoms with van der Waals surface area (Å²) in [5.41, 5.74) is -0.0707. The zero-order valence-electron chi connectivity index (χ0n) is 9.28. The van der Waals surface area contributed by atoms with Gasteiger partial charge in [0.25, 0.3) is 11.5 Å². The molecule has 4 nitrogen and oxygen atoms in total. The van der Waals surface area contributed by atoms with Crippen molar-refractivity contribution in [3.63, 3.8) is 0 Å². The first-order valence-corrected chi connectivity index (χ1v) is 5.02. The van der Waals surface area contributed by atoms with E-state index in [9.17, 15) is 9.59 Å². The van der Waals surface area contributed by atoms with E-state index in [4.69, 9.17) is 0 Å². The summed E-state index contributed by atoms with van der Waals surface area (Å²) in [6.45, 7) is 3.89. The molecule has 1 aromatic rings. The van der Waals surface area contributed by atoms with E-state index in [1.54, 1.807) is 25.4 Å². The van der Waals surface area contributed by atoms with E-state index < -0.39 is 0 Å². The summed E-state index contributed by atoms with van der Waals surface area (Å²) in [6, 6.07) is 3.31. The van der Waals surface area contributed by atoms with Crippen LogP contribution in [-0.4, -0.2) is 16.5 Å². The van der Waals surface area contributed by atoms with Crippen LogP contribution in [0.2, 0.25) is 0 Å². The van der Waals surface area contributed by atoms with E-state index in [0.717, 1.165) is 6.42 Å². The van der Waals surface area contributed by atoms with Gasteiger partial charge in [-0.1, -0.05) is 6.92 Å². The van der Waals surface area contributed by atoms with Crippen LogP contribution in [-0.2, 0) is 7.05 Å². The number of aromatic nitrogens is 1. The number of rotatable bonds is 3. The Morgan fingerprint density at radius 2 is 2.27 bits per heavy atom. The Kier molecular flexibility index (Phi) is 3.66. The van der Waals surface area contributed by atoms with E-state index >= 15 is 0 Å². The number of aryl methyl sites for hydroxylation is 1. The molecule has 4 heteroatoms. The molecule has 0 fully saturated rings. The van der Waals surface area contributed by atoms with Gasteiger partial charge in [0.1, 0.15) is 5.56 Å². The van der Waals surface area contributed by atoms with Crippen molar-refractivity contribution in [2.24, 2.45) is 7.05 Å². The Morgan fingerprint density at radius 1 is 1.60 bits per heavy atom. The number of nitrogens with zero attached hydrogens (tertiary/aromatic N) is 1. The zero-order chi connectivity index (χ0) is 11.4. The first kappa shape index (κ1) is 11.5. The predicted octanol–water partition coefficient (Wildman–Crippen LogP) is 0.914. The highest BCUT2D eigenvalue weighted by atomic mass is 16.2. The van der Waals surface area contributed by atoms with Gasteiger partial charge in [-0.15, -0.1) is 0 Å². The van der Waals surface area contributed by atoms with E-state index in [0.29, 0.717) is 0 Å². The number of hydrogen-bond acceptors (Lipinski definition) is 2. The van der Waals surface area contributed by atoms with Gasteiger partial charge in [-0.25, -0.2) is 0 Å². The summed E-state index contributed by atoms with van der Waals surface area (Å²) in [7, 11) is 1.63. The molecule has 1 rings (SSSR count). The summed E-state index contributed by atoms with van der Waals surface area (Å²) in [4.78, 5) is 23.2. The molecule has 0 unspecified atom stereocenters. The Balaban J connectivity index is 2.92. The largest absolute Gasteiger partial charge is 0.349 e. The SMILES string of the molecule is CC[C@@H](C)NC(=O)c1cccn(C)c1=O. The molecular weight excluding hydrogens is 192 g/mol. The molecule has 1 N–H and O–H groups in total. The number of hydrogen-bond donors (Lipinski definition) is 1. The van der Waals surface area contributed by atoms with Gasteiger partial charge in [0.15, 0.2) is 0 Å². The van der Waals surface area contributed by atoms with Crippen LogP contribution < -0.4 is 10.9 Å². The fraction of sp³-hybridized carbons (Fsp3) is 0.455. The second kappa shape index (κ2) is 4.77. The summed E-state index contributed by atoms with van der Waals surface area (Å²) >= 11 is 0. The van der Waals surface area contributed by atoms with Crippen LogP contribution in [0.5, 0.6) is 0 Å². The van der Waals surface area contributed by atoms with Crippen molar-refractivity contribution in [3.8, 4) is 0 Å². The average molecular weight is 208 g/mol. The lowest BCUT2D eigenvalue weighted by Crippen LogP contribution is -2.36. The molecule has 1 aromatic heterocycles. The molecule has 1 atom stereocenters. The number of carbonyl (C=O) groups excluding carboxylic acids is 1. The quantitative estimate of drug-likeness (QED) is 0.802. The van der Waals surface area contributed by atoms with Crippen molar-refractivity contribution in [3.05, 3.63) is 34.2 Å². The summed E-state index contributed by atoms with van der Waals surface area (Å²) in [5, 5.41) is 2.76. The highest BCUT2D eigenvalue weighted by Gasteiger charge is 2.12. The van der Waals surface area contributed by atoms with Crippen LogP contribution in [0, 0.1) is 0 Å². The second-order valence-corrected chi connectivity index (χ2v) is 3.62. The molecular formula is C11H16N2O2. The van der Waals surface area contributed by atoms with Gasteiger partial charge in [-0.2, -0.15) is 0 Å². The molecule has 0 aliphatic heterocycles. The molecule has 0 saturated carbocycles. The molecule has 0 saturated heterocycles. The van der Waals surface area contributed by atoms with Gasteiger partial charge in [0.05, 0.1) is 0 Å². The molecule has 0 aromatic carbocycles. The minimum atomic E-state index is -0.300. The lowest BCUT2D eigenvalue weighted by atomic mass is 10.2. The van der Waals surface area contributed by atoms with Crippen LogP contribution in [0.15, 0.2) is 23.1 Å². The van der Waals surface area contributed by atoms with Crippen molar-refractivity contribution in [1.82, 2.24) is 9.88 Å². The first-order valence-electron chi connectivity index (χ1n) is 5.02. The molecule has 15 heavy (non-hydrogen) atoms. The number of carbonyl (C=O) groups is 1. The summed E-state index contributed by atoms with van der Waals surface area (Å²) in [5.74, 6) is -0.300. The molecule has 1 heterocycles. The van der Waals surface area contributed by atoms with Crippen LogP contribution in [0.4, 0.5) is 0 Å². The van der Waals surface area contributed by atoms with Gasteiger partial charge >= 0.3 is 0 Å². The topological polar surface area (TPSA) is 51.1 Å². The number of pyridine rings is 1. The molecule has 0 spiro atoms. The predicted molar refractivity (Wildman–Crippen MR) is 58.9 cm³/mol. The molecule has 0 bridgehead atoms. The third kappa shape index (κ3) is 2.68. The fourth-order valence-electron chi connectivity index (χ4n) is 1.17. The smallest absolute Gasteiger partial charge is 0.263 e. The number of nitrogens with one attached hydrogen (secondary N) is 1. The monoisotopic (exact) mass is 208 g/mol. The van der Waals surface area contributed by atoms with Gasteiger partial charge in [0.2, 0.25) is 0 Å². The summed E-state index contributed by atoms with van der Waals surface area (Å²) in [6.07, 6.45) is 2.47. The van der Waals surface area contributed by atoms with Crippen molar-refractivity contribution in [2.45, 2.75) is 26.3 Å². The van der Waals surface area contributed by atoms with Crippen molar-refractivity contribution in [1.29, 1.82) is 0 Å². The minimum absolute atomic E-state index is 0.0856. The van der Waals surface area contributed by atoms with E-state index in [2.05, 4.69) is 5.32 Å². The van der Waals surface area contributed by atoms with Gasteiger partial charge < -0.3 is 9.88 Å². The van der Waals surface area contributed by atoms with Crippen molar-refractivity contribution < 1.29 is 4.79 Å². The van der Waals surface area contributed by atoms with E-state index in [1.807, 2.05) is 13.8 Å². The third-order valence-corrected chi connectivity index (χ3v) is 2.36. The second-order valence-electron chi connectivity index (χ2n) is 3.62. The van der Waals surface area contributed by atoms with Crippen LogP contribution >= 0.6 is 0 Å². The maximum absolute atomic E-state index is 11.7. The van der Waals surface area contributed by atoms with Gasteiger partial charge in [-0.3, -0.25) is 9.59 Å². The van der Waals surface area contributed by atoms with Gasteiger partial charge in [0, 0.05) is 19.3 Å². The summed E-state index contributed by atoms with van der Waals surface area (Å²) < 4.78 is 1.39. The minimum Gasteiger partial charge on any atom is -0.349 e. The third-order valence-electron chi connectivity index (χ3n) is 2.36. The Morgan fingerprint density at radius 3 is 2.87 bits per heavy atom. The van der Waals surface area contributed by atoms with Crippen LogP contribution in [0.3, 0.4) is 0 Å². The molecule has 1 amide bonds. The normalized spacial score (nSPS) is 12.2. The standard InChI is InChI=1S/C11H16N2O2/c1-4-8(2)12-10(14)9-6-5-7-13(3)11(9)15/h5-8H,4H2,1-3H3,(H,12,14)/t8-/m1/s1. The Bertz CT molecular complexity index is 409. The van der Waals surface area contributed by atoms with Gasteiger partial charge in [-0.05, 0) is 25.5 Å². The Labute approximate surface area is 88.9 Å². The first-order chi connectivity index (χ1) is 7.06. The zero-order valence-corrected chi connectivity index (χ0v) is 9.28. The van der Waals surface area contributed by atoms with Crippen molar-refractivity contribution >= 4 is 5.91 Å². The van der Waals surface area contributed by atoms with Crippen LogP contribution in [0.1, 0.15) is 30.6 Å². The average Bonchev–Trinajstić information content (AvgIpc) is 2.21. The van der Waals surface area contributed by atoms with Crippen molar-refractivity contribution in [2.75, 3.05) is 0 Å². The highest BCUT2D eigenvalue weighted by molar-refractivity contribution is 5.93.